The van der Waals surface area contributed by atoms with Crippen LogP contribution in [0.4, 0.5) is 0 Å². The minimum absolute atomic E-state index is 0.778. The maximum Gasteiger partial charge on any atom is 0.0233 e. The summed E-state index contributed by atoms with van der Waals surface area (Å²) in [6, 6.07) is 9.87. The van der Waals surface area contributed by atoms with Gasteiger partial charge in [-0.1, -0.05) is 51.0 Å². The van der Waals surface area contributed by atoms with Crippen molar-refractivity contribution in [1.29, 1.82) is 0 Å². The highest BCUT2D eigenvalue weighted by Gasteiger charge is 2.22. The van der Waals surface area contributed by atoms with Crippen molar-refractivity contribution in [1.82, 2.24) is 10.2 Å². The molecule has 2 nitrogen and oxygen atoms in total. The van der Waals surface area contributed by atoms with Gasteiger partial charge in [-0.25, -0.2) is 0 Å². The number of rotatable bonds is 6. The summed E-state index contributed by atoms with van der Waals surface area (Å²) in [5.74, 6) is 0.902. The van der Waals surface area contributed by atoms with Crippen molar-refractivity contribution in [3.8, 4) is 0 Å². The maximum atomic E-state index is 3.37. The molecule has 2 unspecified atom stereocenters. The molecule has 0 aliphatic heterocycles. The Morgan fingerprint density at radius 2 is 1.85 bits per heavy atom. The topological polar surface area (TPSA) is 15.3 Å². The number of nitrogens with one attached hydrogen (secondary N) is 1. The van der Waals surface area contributed by atoms with Gasteiger partial charge in [0.15, 0.2) is 0 Å². The Morgan fingerprint density at radius 3 is 2.50 bits per heavy atom. The quantitative estimate of drug-likeness (QED) is 0.848. The Hall–Kier alpha value is -0.860. The molecule has 2 atom stereocenters. The van der Waals surface area contributed by atoms with E-state index in [0.29, 0.717) is 0 Å². The van der Waals surface area contributed by atoms with Crippen LogP contribution in [0.25, 0.3) is 0 Å². The summed E-state index contributed by atoms with van der Waals surface area (Å²) >= 11 is 0. The minimum atomic E-state index is 0.778. The predicted octanol–water partition coefficient (Wildman–Crippen LogP) is 3.81. The number of nitrogens with zero attached hydrogens (tertiary/aromatic N) is 1. The van der Waals surface area contributed by atoms with Gasteiger partial charge in [0.1, 0.15) is 0 Å². The predicted molar refractivity (Wildman–Crippen MR) is 86.7 cm³/mol. The van der Waals surface area contributed by atoms with E-state index in [0.717, 1.165) is 31.6 Å². The van der Waals surface area contributed by atoms with Gasteiger partial charge in [0.05, 0.1) is 0 Å². The van der Waals surface area contributed by atoms with Crippen molar-refractivity contribution >= 4 is 0 Å². The van der Waals surface area contributed by atoms with Crippen molar-refractivity contribution in [2.75, 3.05) is 13.6 Å². The molecule has 20 heavy (non-hydrogen) atoms. The van der Waals surface area contributed by atoms with Gasteiger partial charge in [0.2, 0.25) is 0 Å². The van der Waals surface area contributed by atoms with Crippen molar-refractivity contribution in [3.05, 3.63) is 35.4 Å². The second kappa shape index (κ2) is 7.80. The summed E-state index contributed by atoms with van der Waals surface area (Å²) in [5, 5.41) is 3.37. The molecule has 0 aromatic heterocycles. The highest BCUT2D eigenvalue weighted by Crippen LogP contribution is 2.27. The van der Waals surface area contributed by atoms with Crippen molar-refractivity contribution in [2.45, 2.75) is 58.7 Å². The van der Waals surface area contributed by atoms with E-state index >= 15 is 0 Å². The fourth-order valence-electron chi connectivity index (χ4n) is 3.25. The van der Waals surface area contributed by atoms with Crippen molar-refractivity contribution in [2.24, 2.45) is 5.92 Å². The van der Waals surface area contributed by atoms with Gasteiger partial charge in [-0.3, -0.25) is 4.90 Å². The van der Waals surface area contributed by atoms with Crippen LogP contribution in [0.3, 0.4) is 0 Å². The lowest BCUT2D eigenvalue weighted by molar-refractivity contribution is 0.157. The molecule has 0 spiro atoms. The normalized spacial score (nSPS) is 23.2. The molecule has 1 N–H and O–H groups in total. The zero-order valence-electron chi connectivity index (χ0n) is 13.4. The molecule has 2 heteroatoms. The summed E-state index contributed by atoms with van der Waals surface area (Å²) in [6.07, 6.45) is 5.57. The third-order valence-corrected chi connectivity index (χ3v) is 4.57. The zero-order chi connectivity index (χ0) is 14.4. The van der Waals surface area contributed by atoms with Gasteiger partial charge >= 0.3 is 0 Å². The number of benzene rings is 1. The minimum Gasteiger partial charge on any atom is -0.313 e. The van der Waals surface area contributed by atoms with E-state index in [1.54, 1.807) is 0 Å². The fraction of sp³-hybridized carbons (Fsp3) is 0.667. The third kappa shape index (κ3) is 4.60. The second-order valence-corrected chi connectivity index (χ2v) is 6.44. The van der Waals surface area contributed by atoms with E-state index in [1.807, 2.05) is 0 Å². The van der Waals surface area contributed by atoms with E-state index in [2.05, 4.69) is 55.4 Å². The Balaban J connectivity index is 1.85. The van der Waals surface area contributed by atoms with E-state index < -0.39 is 0 Å². The van der Waals surface area contributed by atoms with Crippen LogP contribution >= 0.6 is 0 Å². The van der Waals surface area contributed by atoms with E-state index in [4.69, 9.17) is 0 Å². The van der Waals surface area contributed by atoms with Crippen molar-refractivity contribution in [3.63, 3.8) is 0 Å². The standard InChI is InChI=1S/C18H30N2/c1-4-19-13-16-8-10-17(11-9-16)14-20(3)18-7-5-6-15(2)12-18/h8-11,15,18-19H,4-7,12-14H2,1-3H3. The first-order valence-corrected chi connectivity index (χ1v) is 8.17. The smallest absolute Gasteiger partial charge is 0.0233 e. The second-order valence-electron chi connectivity index (χ2n) is 6.44. The van der Waals surface area contributed by atoms with Crippen molar-refractivity contribution < 1.29 is 0 Å². The molecule has 112 valence electrons. The largest absolute Gasteiger partial charge is 0.313 e. The Morgan fingerprint density at radius 1 is 1.15 bits per heavy atom. The Labute approximate surface area is 124 Å². The van der Waals surface area contributed by atoms with Crippen LogP contribution in [0.15, 0.2) is 24.3 Å². The molecule has 0 bridgehead atoms. The molecular formula is C18H30N2. The monoisotopic (exact) mass is 274 g/mol. The molecule has 1 aliphatic carbocycles. The summed E-state index contributed by atoms with van der Waals surface area (Å²) in [6.45, 7) is 7.64. The van der Waals surface area contributed by atoms with Crippen LogP contribution < -0.4 is 5.32 Å². The third-order valence-electron chi connectivity index (χ3n) is 4.57. The lowest BCUT2D eigenvalue weighted by atomic mass is 9.86. The number of hydrogen-bond acceptors (Lipinski definition) is 2. The summed E-state index contributed by atoms with van der Waals surface area (Å²) in [7, 11) is 2.29. The van der Waals surface area contributed by atoms with E-state index in [-0.39, 0.29) is 0 Å². The molecule has 0 radical (unpaired) electrons. The van der Waals surface area contributed by atoms with Crippen LogP contribution in [0.2, 0.25) is 0 Å². The zero-order valence-corrected chi connectivity index (χ0v) is 13.4. The van der Waals surface area contributed by atoms with Crippen LogP contribution in [0, 0.1) is 5.92 Å². The Kier molecular flexibility index (Phi) is 6.06. The first kappa shape index (κ1) is 15.5. The van der Waals surface area contributed by atoms with Gasteiger partial charge in [-0.15, -0.1) is 0 Å². The molecule has 1 aromatic rings. The molecule has 0 saturated heterocycles. The van der Waals surface area contributed by atoms with E-state index in [9.17, 15) is 0 Å². The van der Waals surface area contributed by atoms with Gasteiger partial charge < -0.3 is 5.32 Å². The lowest BCUT2D eigenvalue weighted by Crippen LogP contribution is -2.35. The molecule has 0 heterocycles. The molecule has 1 saturated carbocycles. The van der Waals surface area contributed by atoms with Gasteiger partial charge in [-0.2, -0.15) is 0 Å². The van der Waals surface area contributed by atoms with Gasteiger partial charge in [0.25, 0.3) is 0 Å². The molecule has 2 rings (SSSR count). The first-order chi connectivity index (χ1) is 9.69. The molecular weight excluding hydrogens is 244 g/mol. The molecule has 1 fully saturated rings. The molecule has 1 aliphatic rings. The SMILES string of the molecule is CCNCc1ccc(CN(C)C2CCCC(C)C2)cc1. The highest BCUT2D eigenvalue weighted by atomic mass is 15.1. The average molecular weight is 274 g/mol. The average Bonchev–Trinajstić information content (AvgIpc) is 2.46. The first-order valence-electron chi connectivity index (χ1n) is 8.17. The lowest BCUT2D eigenvalue weighted by Gasteiger charge is -2.34. The summed E-state index contributed by atoms with van der Waals surface area (Å²) in [4.78, 5) is 2.55. The fourth-order valence-corrected chi connectivity index (χ4v) is 3.25. The summed E-state index contributed by atoms with van der Waals surface area (Å²) in [5.41, 5.74) is 2.82. The van der Waals surface area contributed by atoms with Gasteiger partial charge in [0, 0.05) is 19.1 Å². The van der Waals surface area contributed by atoms with Crippen LogP contribution in [-0.4, -0.2) is 24.5 Å². The van der Waals surface area contributed by atoms with E-state index in [1.165, 1.54) is 36.8 Å². The van der Waals surface area contributed by atoms with Crippen LogP contribution in [0.5, 0.6) is 0 Å². The Bertz CT molecular complexity index is 385. The number of hydrogen-bond donors (Lipinski definition) is 1. The van der Waals surface area contributed by atoms with Crippen LogP contribution in [0.1, 0.15) is 50.7 Å². The maximum absolute atomic E-state index is 3.37. The molecule has 0 amide bonds. The summed E-state index contributed by atoms with van der Waals surface area (Å²) < 4.78 is 0. The highest BCUT2D eigenvalue weighted by molar-refractivity contribution is 5.22. The molecule has 1 aromatic carbocycles. The van der Waals surface area contributed by atoms with Crippen LogP contribution in [-0.2, 0) is 13.1 Å². The van der Waals surface area contributed by atoms with Gasteiger partial charge in [-0.05, 0) is 43.5 Å².